The second-order valence-electron chi connectivity index (χ2n) is 6.26. The number of nitrogens with one attached hydrogen (secondary N) is 1. The van der Waals surface area contributed by atoms with E-state index in [2.05, 4.69) is 5.32 Å². The van der Waals surface area contributed by atoms with Crippen molar-refractivity contribution in [2.45, 2.75) is 13.0 Å². The maximum absolute atomic E-state index is 12.4. The molecule has 0 bridgehead atoms. The van der Waals surface area contributed by atoms with Crippen LogP contribution in [0.5, 0.6) is 0 Å². The maximum Gasteiger partial charge on any atom is 0.349 e. The van der Waals surface area contributed by atoms with Gasteiger partial charge in [0.1, 0.15) is 11.1 Å². The summed E-state index contributed by atoms with van der Waals surface area (Å²) in [5, 5.41) is 3.43. The Morgan fingerprint density at radius 1 is 1.15 bits per heavy atom. The normalized spacial score (nSPS) is 13.1. The molecule has 0 saturated carbocycles. The van der Waals surface area contributed by atoms with Gasteiger partial charge < -0.3 is 14.6 Å². The summed E-state index contributed by atoms with van der Waals surface area (Å²) in [7, 11) is 1.74. The Kier molecular flexibility index (Phi) is 3.80. The van der Waals surface area contributed by atoms with Gasteiger partial charge in [-0.1, -0.05) is 30.3 Å². The predicted molar refractivity (Wildman–Crippen MR) is 97.2 cm³/mol. The predicted octanol–water partition coefficient (Wildman–Crippen LogP) is 2.24. The zero-order valence-corrected chi connectivity index (χ0v) is 14.1. The fourth-order valence-corrected chi connectivity index (χ4v) is 3.13. The van der Waals surface area contributed by atoms with Crippen LogP contribution in [0.1, 0.15) is 21.5 Å². The van der Waals surface area contributed by atoms with Gasteiger partial charge in [-0.2, -0.15) is 0 Å². The molecular weight excluding hydrogens is 332 g/mol. The number of hydrogen-bond donors (Lipinski definition) is 1. The van der Waals surface area contributed by atoms with Gasteiger partial charge in [-0.05, 0) is 29.3 Å². The average Bonchev–Trinajstić information content (AvgIpc) is 2.92. The lowest BCUT2D eigenvalue weighted by Gasteiger charge is -2.11. The van der Waals surface area contributed by atoms with E-state index >= 15 is 0 Å². The first-order valence-corrected chi connectivity index (χ1v) is 8.22. The summed E-state index contributed by atoms with van der Waals surface area (Å²) in [6.07, 6.45) is 0.363. The maximum atomic E-state index is 12.4. The molecule has 2 heterocycles. The van der Waals surface area contributed by atoms with E-state index in [1.54, 1.807) is 30.1 Å². The molecule has 1 aliphatic rings. The van der Waals surface area contributed by atoms with Crippen molar-refractivity contribution >= 4 is 28.5 Å². The summed E-state index contributed by atoms with van der Waals surface area (Å²) in [6, 6.07) is 14.2. The monoisotopic (exact) mass is 348 g/mol. The number of anilines is 1. The number of benzene rings is 2. The lowest BCUT2D eigenvalue weighted by molar-refractivity contribution is -0.117. The van der Waals surface area contributed by atoms with E-state index in [0.717, 1.165) is 16.8 Å². The van der Waals surface area contributed by atoms with Crippen molar-refractivity contribution < 1.29 is 14.0 Å². The first kappa shape index (κ1) is 16.1. The van der Waals surface area contributed by atoms with E-state index in [9.17, 15) is 14.4 Å². The van der Waals surface area contributed by atoms with Gasteiger partial charge in [0.05, 0.1) is 6.42 Å². The van der Waals surface area contributed by atoms with E-state index in [0.29, 0.717) is 17.4 Å². The molecule has 130 valence electrons. The summed E-state index contributed by atoms with van der Waals surface area (Å²) in [5.41, 5.74) is 2.45. The van der Waals surface area contributed by atoms with Crippen LogP contribution in [0.3, 0.4) is 0 Å². The quantitative estimate of drug-likeness (QED) is 0.736. The highest BCUT2D eigenvalue weighted by atomic mass is 16.4. The average molecular weight is 348 g/mol. The highest BCUT2D eigenvalue weighted by Gasteiger charge is 2.23. The number of fused-ring (bicyclic) bond motifs is 2. The van der Waals surface area contributed by atoms with Crippen LogP contribution in [-0.2, 0) is 17.8 Å². The number of likely N-dealkylation sites (N-methyl/N-ethyl adjacent to an activating group) is 1. The summed E-state index contributed by atoms with van der Waals surface area (Å²) < 4.78 is 5.19. The second-order valence-corrected chi connectivity index (χ2v) is 6.26. The number of carbonyl (C=O) groups excluding carboxylic acids is 2. The Morgan fingerprint density at radius 2 is 1.96 bits per heavy atom. The van der Waals surface area contributed by atoms with Crippen molar-refractivity contribution in [3.05, 3.63) is 75.6 Å². The van der Waals surface area contributed by atoms with Crippen LogP contribution < -0.4 is 15.8 Å². The van der Waals surface area contributed by atoms with Crippen molar-refractivity contribution in [1.29, 1.82) is 0 Å². The smallest absolute Gasteiger partial charge is 0.349 e. The van der Waals surface area contributed by atoms with Gasteiger partial charge in [0.25, 0.3) is 5.91 Å². The molecule has 6 nitrogen and oxygen atoms in total. The van der Waals surface area contributed by atoms with Crippen LogP contribution in [0.4, 0.5) is 5.69 Å². The highest BCUT2D eigenvalue weighted by molar-refractivity contribution is 6.01. The Labute approximate surface area is 149 Å². The molecule has 0 saturated heterocycles. The largest absolute Gasteiger partial charge is 0.422 e. The molecule has 6 heteroatoms. The van der Waals surface area contributed by atoms with Crippen LogP contribution in [0.25, 0.3) is 11.0 Å². The van der Waals surface area contributed by atoms with Gasteiger partial charge in [0.15, 0.2) is 0 Å². The number of rotatable bonds is 3. The van der Waals surface area contributed by atoms with Crippen LogP contribution in [0.15, 0.2) is 57.7 Å². The molecule has 0 fully saturated rings. The number of hydrogen-bond acceptors (Lipinski definition) is 4. The van der Waals surface area contributed by atoms with Crippen LogP contribution >= 0.6 is 0 Å². The second kappa shape index (κ2) is 6.15. The van der Waals surface area contributed by atoms with Gasteiger partial charge in [0.2, 0.25) is 5.91 Å². The van der Waals surface area contributed by atoms with Gasteiger partial charge in [-0.15, -0.1) is 0 Å². The summed E-state index contributed by atoms with van der Waals surface area (Å²) >= 11 is 0. The fraction of sp³-hybridized carbons (Fsp3) is 0.150. The molecule has 2 aromatic carbocycles. The minimum Gasteiger partial charge on any atom is -0.422 e. The lowest BCUT2D eigenvalue weighted by atomic mass is 10.1. The van der Waals surface area contributed by atoms with Gasteiger partial charge in [-0.25, -0.2) is 4.79 Å². The lowest BCUT2D eigenvalue weighted by Crippen LogP contribution is -2.27. The Bertz CT molecular complexity index is 1100. The molecule has 0 unspecified atom stereocenters. The highest BCUT2D eigenvalue weighted by Crippen LogP contribution is 2.28. The summed E-state index contributed by atoms with van der Waals surface area (Å²) in [6.45, 7) is 0.260. The van der Waals surface area contributed by atoms with Gasteiger partial charge >= 0.3 is 5.63 Å². The molecule has 1 aliphatic heterocycles. The van der Waals surface area contributed by atoms with Gasteiger partial charge in [-0.3, -0.25) is 9.59 Å². The first-order chi connectivity index (χ1) is 12.5. The fourth-order valence-electron chi connectivity index (χ4n) is 3.13. The van der Waals surface area contributed by atoms with Crippen molar-refractivity contribution in [2.24, 2.45) is 0 Å². The number of para-hydroxylation sites is 1. The minimum atomic E-state index is -0.664. The molecule has 2 amide bonds. The Morgan fingerprint density at radius 3 is 2.81 bits per heavy atom. The molecular formula is C20H16N2O4. The molecule has 0 aliphatic carbocycles. The van der Waals surface area contributed by atoms with E-state index in [1.807, 2.05) is 24.3 Å². The zero-order chi connectivity index (χ0) is 18.3. The summed E-state index contributed by atoms with van der Waals surface area (Å²) in [5.74, 6) is -0.437. The molecule has 4 rings (SSSR count). The molecule has 0 radical (unpaired) electrons. The number of carbonyl (C=O) groups is 2. The third-order valence-electron chi connectivity index (χ3n) is 4.56. The van der Waals surface area contributed by atoms with Crippen LogP contribution in [0, 0.1) is 0 Å². The topological polar surface area (TPSA) is 79.6 Å². The van der Waals surface area contributed by atoms with Crippen LogP contribution in [0.2, 0.25) is 0 Å². The third-order valence-corrected chi connectivity index (χ3v) is 4.56. The first-order valence-electron chi connectivity index (χ1n) is 8.22. The van der Waals surface area contributed by atoms with Gasteiger partial charge in [0, 0.05) is 24.7 Å². The number of nitrogens with zero attached hydrogens (tertiary/aromatic N) is 1. The van der Waals surface area contributed by atoms with Crippen molar-refractivity contribution in [1.82, 2.24) is 5.32 Å². The van der Waals surface area contributed by atoms with Crippen molar-refractivity contribution in [3.8, 4) is 0 Å². The molecule has 0 spiro atoms. The number of amides is 2. The summed E-state index contributed by atoms with van der Waals surface area (Å²) in [4.78, 5) is 37.8. The molecule has 1 aromatic heterocycles. The van der Waals surface area contributed by atoms with E-state index in [-0.39, 0.29) is 18.0 Å². The van der Waals surface area contributed by atoms with Crippen molar-refractivity contribution in [2.75, 3.05) is 11.9 Å². The Hall–Kier alpha value is -3.41. The minimum absolute atomic E-state index is 0.0280. The SMILES string of the molecule is CN1C(=O)Cc2cc(CNC(=O)c3cc4ccccc4oc3=O)ccc21. The molecule has 3 aromatic rings. The molecule has 26 heavy (non-hydrogen) atoms. The zero-order valence-electron chi connectivity index (χ0n) is 14.1. The van der Waals surface area contributed by atoms with E-state index in [1.165, 1.54) is 6.07 Å². The van der Waals surface area contributed by atoms with E-state index in [4.69, 9.17) is 4.42 Å². The third kappa shape index (κ3) is 2.75. The Balaban J connectivity index is 1.53. The van der Waals surface area contributed by atoms with Crippen LogP contribution in [-0.4, -0.2) is 18.9 Å². The van der Waals surface area contributed by atoms with Crippen molar-refractivity contribution in [3.63, 3.8) is 0 Å². The van der Waals surface area contributed by atoms with E-state index < -0.39 is 11.5 Å². The standard InChI is InChI=1S/C20H16N2O4/c1-22-16-7-6-12(8-14(16)10-18(22)23)11-21-19(24)15-9-13-4-2-3-5-17(13)26-20(15)25/h2-9H,10-11H2,1H3,(H,21,24). The molecule has 0 atom stereocenters. The molecule has 1 N–H and O–H groups in total.